The largest absolute Gasteiger partial charge is 0.489 e. The number of carboxylic acid groups (broad SMARTS) is 1. The second-order valence-corrected chi connectivity index (χ2v) is 11.7. The van der Waals surface area contributed by atoms with Gasteiger partial charge in [-0.05, 0) is 66.0 Å². The van der Waals surface area contributed by atoms with E-state index in [2.05, 4.69) is 69.5 Å². The molecule has 1 aliphatic rings. The molecule has 5 nitrogen and oxygen atoms in total. The van der Waals surface area contributed by atoms with E-state index in [0.717, 1.165) is 40.4 Å². The predicted molar refractivity (Wildman–Crippen MR) is 156 cm³/mol. The summed E-state index contributed by atoms with van der Waals surface area (Å²) in [4.78, 5) is 20.9. The number of hydrogen-bond acceptors (Lipinski definition) is 5. The number of hydrogen-bond donors (Lipinski definition) is 1. The van der Waals surface area contributed by atoms with Gasteiger partial charge in [-0.2, -0.15) is 0 Å². The lowest BCUT2D eigenvalue weighted by Gasteiger charge is -2.34. The summed E-state index contributed by atoms with van der Waals surface area (Å²) in [7, 11) is 0. The molecule has 3 aromatic rings. The lowest BCUT2D eigenvalue weighted by molar-refractivity contribution is -0.136. The fraction of sp³-hybridized carbons (Fsp3) is 0.406. The second kappa shape index (κ2) is 12.5. The molecule has 0 saturated carbocycles. The van der Waals surface area contributed by atoms with E-state index in [-0.39, 0.29) is 17.9 Å². The molecular formula is C32H38N2O3S. The maximum absolute atomic E-state index is 10.8. The molecule has 38 heavy (non-hydrogen) atoms. The van der Waals surface area contributed by atoms with Crippen molar-refractivity contribution in [3.63, 3.8) is 0 Å². The van der Waals surface area contributed by atoms with Gasteiger partial charge in [-0.3, -0.25) is 9.79 Å². The first-order valence-electron chi connectivity index (χ1n) is 13.5. The molecule has 2 heterocycles. The van der Waals surface area contributed by atoms with Gasteiger partial charge in [0.15, 0.2) is 0 Å². The number of aromatic nitrogens is 1. The van der Waals surface area contributed by atoms with Gasteiger partial charge in [0.05, 0.1) is 17.2 Å². The summed E-state index contributed by atoms with van der Waals surface area (Å²) in [5.41, 5.74) is 4.11. The highest BCUT2D eigenvalue weighted by molar-refractivity contribution is 7.09. The summed E-state index contributed by atoms with van der Waals surface area (Å²) in [6.45, 7) is 9.38. The maximum atomic E-state index is 10.8. The van der Waals surface area contributed by atoms with E-state index in [4.69, 9.17) is 19.8 Å². The van der Waals surface area contributed by atoms with E-state index in [9.17, 15) is 4.79 Å². The molecule has 1 N–H and O–H groups in total. The van der Waals surface area contributed by atoms with Crippen LogP contribution in [0.3, 0.4) is 0 Å². The molecule has 0 aliphatic carbocycles. The molecule has 1 aliphatic heterocycles. The van der Waals surface area contributed by atoms with E-state index in [0.29, 0.717) is 24.9 Å². The Hall–Kier alpha value is -3.25. The Balaban J connectivity index is 1.53. The molecule has 1 aromatic heterocycles. The maximum Gasteiger partial charge on any atom is 0.303 e. The van der Waals surface area contributed by atoms with E-state index in [1.807, 2.05) is 30.5 Å². The third-order valence-corrected chi connectivity index (χ3v) is 7.98. The van der Waals surface area contributed by atoms with Crippen molar-refractivity contribution in [2.24, 2.45) is 10.9 Å². The van der Waals surface area contributed by atoms with Crippen molar-refractivity contribution >= 4 is 23.5 Å². The average molecular weight is 531 g/mol. The van der Waals surface area contributed by atoms with Crippen molar-refractivity contribution in [2.45, 2.75) is 77.4 Å². The van der Waals surface area contributed by atoms with Gasteiger partial charge in [0, 0.05) is 18.0 Å². The molecular weight excluding hydrogens is 492 g/mol. The van der Waals surface area contributed by atoms with E-state index in [1.165, 1.54) is 5.56 Å². The monoisotopic (exact) mass is 530 g/mol. The number of nitrogens with zero attached hydrogens (tertiary/aromatic N) is 2. The molecule has 0 bridgehead atoms. The van der Waals surface area contributed by atoms with Crippen LogP contribution in [0.25, 0.3) is 0 Å². The van der Waals surface area contributed by atoms with Crippen LogP contribution in [-0.2, 0) is 17.8 Å². The van der Waals surface area contributed by atoms with Gasteiger partial charge in [0.25, 0.3) is 0 Å². The van der Waals surface area contributed by atoms with E-state index in [1.54, 1.807) is 11.3 Å². The van der Waals surface area contributed by atoms with Gasteiger partial charge < -0.3 is 9.84 Å². The van der Waals surface area contributed by atoms with Crippen molar-refractivity contribution in [1.82, 2.24) is 4.98 Å². The van der Waals surface area contributed by atoms with Crippen LogP contribution in [0, 0.1) is 5.92 Å². The number of rotatable bonds is 13. The Bertz CT molecular complexity index is 1240. The van der Waals surface area contributed by atoms with Gasteiger partial charge in [-0.25, -0.2) is 4.98 Å². The molecule has 0 amide bonds. The highest BCUT2D eigenvalue weighted by atomic mass is 32.1. The number of aryl methyl sites for hydroxylation is 1. The average Bonchev–Trinajstić information content (AvgIpc) is 3.58. The van der Waals surface area contributed by atoms with Gasteiger partial charge in [-0.15, -0.1) is 11.3 Å². The standard InChI is InChI=1S/C32H38N2O3S/c1-22(2)16-18-32(17-5-19-33-32)30(31-34-28(21-38-31)23(3)4)26-11-6-25(7-12-26)20-37-27-13-8-24(9-14-27)10-15-29(35)36/h5-9,11-14,17,19,21-23,30H,10,15-16,18,20H2,1-4H3,(H,35,36). The van der Waals surface area contributed by atoms with Crippen LogP contribution in [0.4, 0.5) is 0 Å². The molecule has 0 spiro atoms. The molecule has 2 atom stereocenters. The molecule has 200 valence electrons. The van der Waals surface area contributed by atoms with Gasteiger partial charge in [0.1, 0.15) is 17.4 Å². The summed E-state index contributed by atoms with van der Waals surface area (Å²) in [6, 6.07) is 16.3. The van der Waals surface area contributed by atoms with Crippen molar-refractivity contribution in [3.05, 3.63) is 93.5 Å². The van der Waals surface area contributed by atoms with Crippen LogP contribution < -0.4 is 4.74 Å². The Kier molecular flexibility index (Phi) is 9.16. The first-order chi connectivity index (χ1) is 18.3. The summed E-state index contributed by atoms with van der Waals surface area (Å²) in [5, 5.41) is 12.2. The lowest BCUT2D eigenvalue weighted by Crippen LogP contribution is -2.32. The number of aliphatic carboxylic acids is 1. The first-order valence-corrected chi connectivity index (χ1v) is 14.3. The van der Waals surface area contributed by atoms with Crippen LogP contribution in [0.1, 0.15) is 86.2 Å². The highest BCUT2D eigenvalue weighted by Gasteiger charge is 2.41. The number of carboxylic acids is 1. The number of benzene rings is 2. The molecule has 2 aromatic carbocycles. The Labute approximate surface area is 230 Å². The topological polar surface area (TPSA) is 71.8 Å². The van der Waals surface area contributed by atoms with Crippen LogP contribution >= 0.6 is 11.3 Å². The Morgan fingerprint density at radius 3 is 2.32 bits per heavy atom. The van der Waals surface area contributed by atoms with E-state index < -0.39 is 5.97 Å². The minimum atomic E-state index is -0.784. The molecule has 6 heteroatoms. The minimum Gasteiger partial charge on any atom is -0.489 e. The highest BCUT2D eigenvalue weighted by Crippen LogP contribution is 2.45. The zero-order valence-electron chi connectivity index (χ0n) is 22.8. The van der Waals surface area contributed by atoms with E-state index >= 15 is 0 Å². The van der Waals surface area contributed by atoms with Gasteiger partial charge in [-0.1, -0.05) is 70.2 Å². The van der Waals surface area contributed by atoms with Crippen molar-refractivity contribution in [2.75, 3.05) is 0 Å². The van der Waals surface area contributed by atoms with Gasteiger partial charge >= 0.3 is 5.97 Å². The fourth-order valence-corrected chi connectivity index (χ4v) is 5.94. The molecule has 0 fully saturated rings. The summed E-state index contributed by atoms with van der Waals surface area (Å²) in [5.74, 6) is 1.04. The van der Waals surface area contributed by atoms with Crippen LogP contribution in [0.2, 0.25) is 0 Å². The molecule has 2 unspecified atom stereocenters. The van der Waals surface area contributed by atoms with Crippen LogP contribution in [0.15, 0.2) is 71.1 Å². The number of carbonyl (C=O) groups is 1. The Morgan fingerprint density at radius 1 is 1.03 bits per heavy atom. The summed E-state index contributed by atoms with van der Waals surface area (Å²) >= 11 is 1.74. The SMILES string of the molecule is CC(C)CCC1(C(c2ccc(COc3ccc(CCC(=O)O)cc3)cc2)c2nc(C(C)C)cs2)C=CC=N1. The smallest absolute Gasteiger partial charge is 0.303 e. The molecule has 0 radical (unpaired) electrons. The normalized spacial score (nSPS) is 17.4. The third-order valence-electron chi connectivity index (χ3n) is 7.06. The number of allylic oxidation sites excluding steroid dienone is 1. The Morgan fingerprint density at radius 2 is 1.74 bits per heavy atom. The second-order valence-electron chi connectivity index (χ2n) is 10.8. The fourth-order valence-electron chi connectivity index (χ4n) is 4.74. The van der Waals surface area contributed by atoms with Gasteiger partial charge in [0.2, 0.25) is 0 Å². The number of thiazole rings is 1. The lowest BCUT2D eigenvalue weighted by atomic mass is 9.76. The quantitative estimate of drug-likeness (QED) is 0.245. The molecule has 4 rings (SSSR count). The first kappa shape index (κ1) is 27.8. The zero-order valence-corrected chi connectivity index (χ0v) is 23.6. The van der Waals surface area contributed by atoms with Crippen LogP contribution in [-0.4, -0.2) is 27.8 Å². The van der Waals surface area contributed by atoms with Crippen LogP contribution in [0.5, 0.6) is 5.75 Å². The predicted octanol–water partition coefficient (Wildman–Crippen LogP) is 7.81. The van der Waals surface area contributed by atoms with Crippen molar-refractivity contribution in [1.29, 1.82) is 0 Å². The number of aliphatic imine (C=N–C) groups is 1. The minimum absolute atomic E-state index is 0.0575. The summed E-state index contributed by atoms with van der Waals surface area (Å²) < 4.78 is 6.01. The zero-order chi connectivity index (χ0) is 27.1. The molecule has 0 saturated heterocycles. The third kappa shape index (κ3) is 6.98. The van der Waals surface area contributed by atoms with Crippen molar-refractivity contribution < 1.29 is 14.6 Å². The van der Waals surface area contributed by atoms with Crippen molar-refractivity contribution in [3.8, 4) is 5.75 Å². The number of ether oxygens (including phenoxy) is 1. The summed E-state index contributed by atoms with van der Waals surface area (Å²) in [6.07, 6.45) is 9.03.